The summed E-state index contributed by atoms with van der Waals surface area (Å²) in [5.74, 6) is 2.26. The molecule has 1 radical (unpaired) electrons. The van der Waals surface area contributed by atoms with Crippen molar-refractivity contribution in [3.8, 4) is 0 Å². The molecule has 1 heteroatoms. The lowest BCUT2D eigenvalue weighted by Gasteiger charge is -2.34. The van der Waals surface area contributed by atoms with Crippen molar-refractivity contribution < 1.29 is 0 Å². The Bertz CT molecular complexity index is 73.7. The molecule has 47 valence electrons. The van der Waals surface area contributed by atoms with Gasteiger partial charge in [0.2, 0.25) is 0 Å². The van der Waals surface area contributed by atoms with Gasteiger partial charge in [-0.1, -0.05) is 13.8 Å². The Morgan fingerprint density at radius 3 is 2.25 bits per heavy atom. The number of halogens is 1. The molecule has 0 aliphatic heterocycles. The molecule has 1 aliphatic carbocycles. The van der Waals surface area contributed by atoms with Crippen molar-refractivity contribution in [3.05, 3.63) is 5.92 Å². The van der Waals surface area contributed by atoms with Crippen LogP contribution >= 0.6 is 11.6 Å². The van der Waals surface area contributed by atoms with E-state index in [9.17, 15) is 0 Å². The lowest BCUT2D eigenvalue weighted by Crippen LogP contribution is -2.28. The van der Waals surface area contributed by atoms with Crippen LogP contribution in [0.2, 0.25) is 0 Å². The molecule has 0 spiro atoms. The fourth-order valence-corrected chi connectivity index (χ4v) is 1.54. The fourth-order valence-electron chi connectivity index (χ4n) is 1.07. The Kier molecular flexibility index (Phi) is 1.81. The van der Waals surface area contributed by atoms with E-state index in [0.717, 1.165) is 0 Å². The van der Waals surface area contributed by atoms with Crippen molar-refractivity contribution in [2.45, 2.75) is 32.1 Å². The molecule has 1 rings (SSSR count). The smallest absolute Gasteiger partial charge is 0.0401 e. The van der Waals surface area contributed by atoms with Gasteiger partial charge in [0, 0.05) is 5.38 Å². The summed E-state index contributed by atoms with van der Waals surface area (Å²) in [4.78, 5) is 0. The van der Waals surface area contributed by atoms with Crippen LogP contribution in [0.3, 0.4) is 0 Å². The van der Waals surface area contributed by atoms with Gasteiger partial charge in [-0.2, -0.15) is 0 Å². The Morgan fingerprint density at radius 2 is 2.25 bits per heavy atom. The summed E-state index contributed by atoms with van der Waals surface area (Å²) >= 11 is 5.87. The highest BCUT2D eigenvalue weighted by atomic mass is 35.5. The third-order valence-electron chi connectivity index (χ3n) is 1.83. The van der Waals surface area contributed by atoms with Crippen LogP contribution in [0, 0.1) is 11.8 Å². The summed E-state index contributed by atoms with van der Waals surface area (Å²) in [5.41, 5.74) is 0. The predicted molar refractivity (Wildman–Crippen MR) is 37.0 cm³/mol. The zero-order valence-electron chi connectivity index (χ0n) is 5.45. The van der Waals surface area contributed by atoms with Crippen LogP contribution in [0.4, 0.5) is 0 Å². The molecular weight excluding hydrogens is 120 g/mol. The minimum Gasteiger partial charge on any atom is -0.122 e. The lowest BCUT2D eigenvalue weighted by atomic mass is 9.77. The highest BCUT2D eigenvalue weighted by molar-refractivity contribution is 6.22. The Morgan fingerprint density at radius 1 is 1.62 bits per heavy atom. The van der Waals surface area contributed by atoms with Crippen LogP contribution in [-0.4, -0.2) is 5.38 Å². The van der Waals surface area contributed by atoms with Gasteiger partial charge in [0.25, 0.3) is 0 Å². The first kappa shape index (κ1) is 6.41. The number of hydrogen-bond acceptors (Lipinski definition) is 0. The van der Waals surface area contributed by atoms with Gasteiger partial charge in [-0.25, -0.2) is 0 Å². The molecule has 1 atom stereocenters. The average Bonchev–Trinajstić information content (AvgIpc) is 1.61. The molecule has 0 bridgehead atoms. The zero-order chi connectivity index (χ0) is 6.15. The van der Waals surface area contributed by atoms with Crippen LogP contribution in [0.25, 0.3) is 0 Å². The third-order valence-corrected chi connectivity index (χ3v) is 2.33. The van der Waals surface area contributed by atoms with Gasteiger partial charge in [0.05, 0.1) is 0 Å². The molecule has 0 aromatic heterocycles. The molecule has 0 amide bonds. The van der Waals surface area contributed by atoms with Gasteiger partial charge < -0.3 is 0 Å². The minimum atomic E-state index is 0.412. The predicted octanol–water partition coefficient (Wildman–Crippen LogP) is 2.62. The molecule has 0 N–H and O–H groups in total. The number of hydrogen-bond donors (Lipinski definition) is 0. The average molecular weight is 132 g/mol. The maximum absolute atomic E-state index is 5.87. The van der Waals surface area contributed by atoms with Gasteiger partial charge in [0.15, 0.2) is 0 Å². The first-order valence-electron chi connectivity index (χ1n) is 3.21. The summed E-state index contributed by atoms with van der Waals surface area (Å²) < 4.78 is 0. The number of rotatable bonds is 1. The Labute approximate surface area is 56.2 Å². The van der Waals surface area contributed by atoms with Crippen LogP contribution < -0.4 is 0 Å². The second-order valence-corrected chi connectivity index (χ2v) is 3.26. The van der Waals surface area contributed by atoms with E-state index in [2.05, 4.69) is 13.8 Å². The minimum absolute atomic E-state index is 0.412. The maximum atomic E-state index is 5.87. The monoisotopic (exact) mass is 131 g/mol. The fraction of sp³-hybridized carbons (Fsp3) is 0.857. The first-order chi connectivity index (χ1) is 3.72. The summed E-state index contributed by atoms with van der Waals surface area (Å²) in [6, 6.07) is 0. The molecule has 1 unspecified atom stereocenters. The van der Waals surface area contributed by atoms with E-state index in [-0.39, 0.29) is 0 Å². The Hall–Kier alpha value is 0.290. The van der Waals surface area contributed by atoms with Crippen LogP contribution in [0.15, 0.2) is 0 Å². The zero-order valence-corrected chi connectivity index (χ0v) is 6.20. The maximum Gasteiger partial charge on any atom is 0.0401 e. The summed E-state index contributed by atoms with van der Waals surface area (Å²) in [6.07, 6.45) is 2.47. The van der Waals surface area contributed by atoms with E-state index in [1.165, 1.54) is 12.8 Å². The van der Waals surface area contributed by atoms with Crippen LogP contribution in [-0.2, 0) is 0 Å². The van der Waals surface area contributed by atoms with Gasteiger partial charge in [0.1, 0.15) is 0 Å². The van der Waals surface area contributed by atoms with E-state index in [1.807, 2.05) is 0 Å². The first-order valence-corrected chi connectivity index (χ1v) is 3.65. The molecule has 1 aliphatic rings. The molecule has 0 saturated heterocycles. The van der Waals surface area contributed by atoms with Gasteiger partial charge in [-0.05, 0) is 24.7 Å². The second-order valence-electron chi connectivity index (χ2n) is 2.74. The van der Waals surface area contributed by atoms with Crippen molar-refractivity contribution in [1.82, 2.24) is 0 Å². The van der Waals surface area contributed by atoms with Crippen molar-refractivity contribution in [2.24, 2.45) is 5.92 Å². The standard InChI is InChI=1S/C7H12Cl/c1-5(2)6-3-4-7(6)8/h5,7H,3-4H2,1-2H3. The van der Waals surface area contributed by atoms with Gasteiger partial charge in [-0.15, -0.1) is 11.6 Å². The van der Waals surface area contributed by atoms with E-state index in [4.69, 9.17) is 11.6 Å². The molecule has 1 saturated carbocycles. The molecule has 1 fully saturated rings. The molecule has 0 aromatic carbocycles. The second kappa shape index (κ2) is 2.26. The summed E-state index contributed by atoms with van der Waals surface area (Å²) in [7, 11) is 0. The quantitative estimate of drug-likeness (QED) is 0.480. The van der Waals surface area contributed by atoms with E-state index in [0.29, 0.717) is 11.3 Å². The molecule has 8 heavy (non-hydrogen) atoms. The molecule has 0 heterocycles. The van der Waals surface area contributed by atoms with E-state index in [1.54, 1.807) is 5.92 Å². The van der Waals surface area contributed by atoms with Crippen molar-refractivity contribution in [2.75, 3.05) is 0 Å². The third kappa shape index (κ3) is 0.997. The van der Waals surface area contributed by atoms with Crippen molar-refractivity contribution in [3.63, 3.8) is 0 Å². The SMILES string of the molecule is CC(C)[C]1CCC1Cl. The number of alkyl halides is 1. The largest absolute Gasteiger partial charge is 0.122 e. The van der Waals surface area contributed by atoms with Crippen molar-refractivity contribution in [1.29, 1.82) is 0 Å². The van der Waals surface area contributed by atoms with E-state index < -0.39 is 0 Å². The van der Waals surface area contributed by atoms with E-state index >= 15 is 0 Å². The molecular formula is C7H12Cl. The molecule has 0 aromatic rings. The van der Waals surface area contributed by atoms with Crippen molar-refractivity contribution >= 4 is 11.6 Å². The topological polar surface area (TPSA) is 0 Å². The normalized spacial score (nSPS) is 30.8. The summed E-state index contributed by atoms with van der Waals surface area (Å²) in [5, 5.41) is 0.412. The lowest BCUT2D eigenvalue weighted by molar-refractivity contribution is 0.448. The Balaban J connectivity index is 2.26. The van der Waals surface area contributed by atoms with Crippen LogP contribution in [0.5, 0.6) is 0 Å². The summed E-state index contributed by atoms with van der Waals surface area (Å²) in [6.45, 7) is 4.42. The van der Waals surface area contributed by atoms with Gasteiger partial charge >= 0.3 is 0 Å². The van der Waals surface area contributed by atoms with Gasteiger partial charge in [-0.3, -0.25) is 0 Å². The highest BCUT2D eigenvalue weighted by Crippen LogP contribution is 2.39. The highest BCUT2D eigenvalue weighted by Gasteiger charge is 2.31. The molecule has 0 nitrogen and oxygen atoms in total. The van der Waals surface area contributed by atoms with Crippen LogP contribution in [0.1, 0.15) is 26.7 Å².